The summed E-state index contributed by atoms with van der Waals surface area (Å²) >= 11 is 0. The summed E-state index contributed by atoms with van der Waals surface area (Å²) in [7, 11) is 1.29. The van der Waals surface area contributed by atoms with Gasteiger partial charge in [-0.2, -0.15) is 0 Å². The van der Waals surface area contributed by atoms with Gasteiger partial charge in [-0.1, -0.05) is 0 Å². The number of pyridine rings is 1. The summed E-state index contributed by atoms with van der Waals surface area (Å²) in [5, 5.41) is 0. The molecule has 0 radical (unpaired) electrons. The van der Waals surface area contributed by atoms with Gasteiger partial charge in [0.2, 0.25) is 0 Å². The van der Waals surface area contributed by atoms with E-state index in [1.807, 2.05) is 0 Å². The number of rotatable bonds is 1. The summed E-state index contributed by atoms with van der Waals surface area (Å²) in [4.78, 5) is 34.1. The van der Waals surface area contributed by atoms with Crippen LogP contribution in [0, 0.1) is 6.92 Å². The molecule has 0 amide bonds. The van der Waals surface area contributed by atoms with Gasteiger partial charge in [0.15, 0.2) is 5.69 Å². The fourth-order valence-electron chi connectivity index (χ4n) is 2.04. The highest BCUT2D eigenvalue weighted by Crippen LogP contribution is 2.14. The van der Waals surface area contributed by atoms with Crippen molar-refractivity contribution in [2.24, 2.45) is 0 Å². The Morgan fingerprint density at radius 3 is 2.84 bits per heavy atom. The van der Waals surface area contributed by atoms with Gasteiger partial charge in [-0.25, -0.2) is 14.8 Å². The number of aryl methyl sites for hydroxylation is 1. The highest BCUT2D eigenvalue weighted by atomic mass is 16.5. The smallest absolute Gasteiger partial charge is 0.356 e. The van der Waals surface area contributed by atoms with Crippen molar-refractivity contribution >= 4 is 22.5 Å². The molecule has 0 aromatic carbocycles. The van der Waals surface area contributed by atoms with Gasteiger partial charge >= 0.3 is 5.97 Å². The van der Waals surface area contributed by atoms with E-state index in [-0.39, 0.29) is 11.3 Å². The number of nitrogens with zero attached hydrogens (tertiary/aromatic N) is 3. The van der Waals surface area contributed by atoms with E-state index in [1.54, 1.807) is 17.4 Å². The minimum Gasteiger partial charge on any atom is -0.464 e. The molecule has 0 aliphatic rings. The molecule has 3 aromatic heterocycles. The van der Waals surface area contributed by atoms with Crippen molar-refractivity contribution in [3.05, 3.63) is 40.3 Å². The molecule has 3 rings (SSSR count). The van der Waals surface area contributed by atoms with E-state index in [0.717, 1.165) is 0 Å². The van der Waals surface area contributed by atoms with Crippen molar-refractivity contribution in [2.75, 3.05) is 7.11 Å². The first-order valence-electron chi connectivity index (χ1n) is 5.56. The number of nitrogens with one attached hydrogen (secondary N) is 1. The molecule has 0 spiro atoms. The third-order valence-electron chi connectivity index (χ3n) is 2.94. The van der Waals surface area contributed by atoms with E-state index in [0.29, 0.717) is 22.4 Å². The van der Waals surface area contributed by atoms with Crippen molar-refractivity contribution in [2.45, 2.75) is 6.92 Å². The largest absolute Gasteiger partial charge is 0.464 e. The van der Waals surface area contributed by atoms with Gasteiger partial charge < -0.3 is 9.72 Å². The number of carbonyl (C=O) groups excluding carboxylic acids is 1. The molecule has 0 bridgehead atoms. The standard InChI is InChI=1S/C12H10N4O3/c1-6-13-5-10-11(17)15-8-4-14-7(12(18)19-2)3-9(8)16(6)10/h3-5H,1-2H3,(H,15,17). The zero-order valence-corrected chi connectivity index (χ0v) is 10.3. The van der Waals surface area contributed by atoms with E-state index in [1.165, 1.54) is 19.5 Å². The van der Waals surface area contributed by atoms with Gasteiger partial charge in [0.25, 0.3) is 5.56 Å². The average Bonchev–Trinajstić information content (AvgIpc) is 2.81. The van der Waals surface area contributed by atoms with Gasteiger partial charge in [0, 0.05) is 0 Å². The molecule has 7 nitrogen and oxygen atoms in total. The Balaban J connectivity index is 2.47. The van der Waals surface area contributed by atoms with Crippen LogP contribution in [-0.4, -0.2) is 32.4 Å². The lowest BCUT2D eigenvalue weighted by atomic mass is 10.3. The zero-order chi connectivity index (χ0) is 13.6. The number of aromatic amines is 1. The normalized spacial score (nSPS) is 11.1. The summed E-state index contributed by atoms with van der Waals surface area (Å²) in [6, 6.07) is 1.57. The molecule has 0 atom stereocenters. The topological polar surface area (TPSA) is 89.3 Å². The lowest BCUT2D eigenvalue weighted by molar-refractivity contribution is 0.0594. The van der Waals surface area contributed by atoms with Crippen molar-refractivity contribution in [1.29, 1.82) is 0 Å². The van der Waals surface area contributed by atoms with Crippen LogP contribution in [0.25, 0.3) is 16.6 Å². The van der Waals surface area contributed by atoms with E-state index in [9.17, 15) is 9.59 Å². The number of hydrogen-bond acceptors (Lipinski definition) is 5. The average molecular weight is 258 g/mol. The Kier molecular flexibility index (Phi) is 2.34. The third-order valence-corrected chi connectivity index (χ3v) is 2.94. The van der Waals surface area contributed by atoms with Gasteiger partial charge in [-0.05, 0) is 13.0 Å². The summed E-state index contributed by atoms with van der Waals surface area (Å²) in [5.74, 6) is 0.132. The van der Waals surface area contributed by atoms with E-state index in [2.05, 4.69) is 19.7 Å². The molecule has 19 heavy (non-hydrogen) atoms. The second kappa shape index (κ2) is 3.91. The zero-order valence-electron chi connectivity index (χ0n) is 10.3. The number of fused-ring (bicyclic) bond motifs is 3. The molecule has 96 valence electrons. The second-order valence-corrected chi connectivity index (χ2v) is 4.06. The van der Waals surface area contributed by atoms with Crippen LogP contribution < -0.4 is 5.56 Å². The molecular weight excluding hydrogens is 248 g/mol. The summed E-state index contributed by atoms with van der Waals surface area (Å²) in [5.41, 5.74) is 1.54. The first kappa shape index (κ1) is 11.4. The molecular formula is C12H10N4O3. The van der Waals surface area contributed by atoms with Crippen LogP contribution in [0.1, 0.15) is 16.3 Å². The monoisotopic (exact) mass is 258 g/mol. The van der Waals surface area contributed by atoms with Crippen LogP contribution in [0.15, 0.2) is 23.3 Å². The van der Waals surface area contributed by atoms with Gasteiger partial charge in [0.05, 0.1) is 30.5 Å². The molecule has 3 aromatic rings. The maximum absolute atomic E-state index is 11.8. The number of methoxy groups -OCH3 is 1. The Morgan fingerprint density at radius 1 is 1.32 bits per heavy atom. The first-order chi connectivity index (χ1) is 9.11. The van der Waals surface area contributed by atoms with E-state index >= 15 is 0 Å². The minimum absolute atomic E-state index is 0.177. The number of hydrogen-bond donors (Lipinski definition) is 1. The molecule has 0 saturated carbocycles. The third kappa shape index (κ3) is 1.59. The van der Waals surface area contributed by atoms with Crippen LogP contribution in [0.4, 0.5) is 0 Å². The molecule has 0 aliphatic carbocycles. The molecule has 7 heteroatoms. The Bertz CT molecular complexity index is 862. The number of aromatic nitrogens is 4. The van der Waals surface area contributed by atoms with Crippen LogP contribution in [0.2, 0.25) is 0 Å². The fourth-order valence-corrected chi connectivity index (χ4v) is 2.04. The minimum atomic E-state index is -0.529. The van der Waals surface area contributed by atoms with Gasteiger partial charge in [-0.3, -0.25) is 9.20 Å². The van der Waals surface area contributed by atoms with Crippen LogP contribution in [-0.2, 0) is 4.74 Å². The SMILES string of the molecule is COC(=O)c1cc2c(cn1)[nH]c(=O)c1cnc(C)n12. The second-order valence-electron chi connectivity index (χ2n) is 4.06. The van der Waals surface area contributed by atoms with Gasteiger partial charge in [-0.15, -0.1) is 0 Å². The van der Waals surface area contributed by atoms with Crippen molar-refractivity contribution in [3.63, 3.8) is 0 Å². The molecule has 0 saturated heterocycles. The number of imidazole rings is 1. The summed E-state index contributed by atoms with van der Waals surface area (Å²) in [6.45, 7) is 1.78. The molecule has 0 aliphatic heterocycles. The highest BCUT2D eigenvalue weighted by molar-refractivity contribution is 5.91. The van der Waals surface area contributed by atoms with Crippen LogP contribution in [0.3, 0.4) is 0 Å². The molecule has 1 N–H and O–H groups in total. The van der Waals surface area contributed by atoms with Crippen molar-refractivity contribution < 1.29 is 9.53 Å². The van der Waals surface area contributed by atoms with E-state index in [4.69, 9.17) is 0 Å². The highest BCUT2D eigenvalue weighted by Gasteiger charge is 2.12. The summed E-state index contributed by atoms with van der Waals surface area (Å²) in [6.07, 6.45) is 2.92. The molecule has 0 fully saturated rings. The number of H-pyrrole nitrogens is 1. The predicted molar refractivity (Wildman–Crippen MR) is 67.2 cm³/mol. The Labute approximate surface area is 106 Å². The van der Waals surface area contributed by atoms with Crippen molar-refractivity contribution in [3.8, 4) is 0 Å². The Hall–Kier alpha value is -2.70. The number of ether oxygens (including phenoxy) is 1. The maximum Gasteiger partial charge on any atom is 0.356 e. The summed E-state index contributed by atoms with van der Waals surface area (Å²) < 4.78 is 6.32. The van der Waals surface area contributed by atoms with Gasteiger partial charge in [0.1, 0.15) is 11.3 Å². The van der Waals surface area contributed by atoms with Crippen molar-refractivity contribution in [1.82, 2.24) is 19.4 Å². The number of carbonyl (C=O) groups is 1. The fraction of sp³-hybridized carbons (Fsp3) is 0.167. The van der Waals surface area contributed by atoms with E-state index < -0.39 is 5.97 Å². The predicted octanol–water partition coefficient (Wildman–Crippen LogP) is 0.666. The quantitative estimate of drug-likeness (QED) is 0.648. The maximum atomic E-state index is 11.8. The molecule has 0 unspecified atom stereocenters. The van der Waals surface area contributed by atoms with Crippen LogP contribution >= 0.6 is 0 Å². The molecule has 3 heterocycles. The number of esters is 1. The lowest BCUT2D eigenvalue weighted by Gasteiger charge is -2.05. The Morgan fingerprint density at radius 2 is 2.11 bits per heavy atom. The first-order valence-corrected chi connectivity index (χ1v) is 5.56. The van der Waals surface area contributed by atoms with Crippen LogP contribution in [0.5, 0.6) is 0 Å². The lowest BCUT2D eigenvalue weighted by Crippen LogP contribution is -2.12.